The second-order valence-corrected chi connectivity index (χ2v) is 8.90. The summed E-state index contributed by atoms with van der Waals surface area (Å²) in [5.74, 6) is 1.69. The van der Waals surface area contributed by atoms with Gasteiger partial charge in [-0.1, -0.05) is 0 Å². The molecule has 0 heterocycles. The Labute approximate surface area is 178 Å². The van der Waals surface area contributed by atoms with E-state index in [4.69, 9.17) is 14.2 Å². The molecule has 5 heteroatoms. The summed E-state index contributed by atoms with van der Waals surface area (Å²) in [6.07, 6.45) is 0. The van der Waals surface area contributed by atoms with Crippen LogP contribution in [-0.4, -0.2) is 36.3 Å². The first kappa shape index (κ1) is 21.2. The maximum atomic E-state index is 13.6. The third-order valence-corrected chi connectivity index (χ3v) is 7.18. The molecule has 0 fully saturated rings. The van der Waals surface area contributed by atoms with E-state index >= 15 is 0 Å². The van der Waals surface area contributed by atoms with Crippen molar-refractivity contribution in [3.8, 4) is 17.2 Å². The molecule has 0 amide bonds. The number of methoxy groups -OCH3 is 3. The molecule has 3 aromatic carbocycles. The Morgan fingerprint density at radius 1 is 0.862 bits per heavy atom. The van der Waals surface area contributed by atoms with Gasteiger partial charge in [-0.05, 0) is 0 Å². The van der Waals surface area contributed by atoms with E-state index in [0.29, 0.717) is 17.2 Å². The van der Waals surface area contributed by atoms with E-state index in [1.165, 1.54) is 16.6 Å². The van der Waals surface area contributed by atoms with Gasteiger partial charge >= 0.3 is 178 Å². The van der Waals surface area contributed by atoms with Crippen molar-refractivity contribution in [2.24, 2.45) is 0 Å². The topological polar surface area (TPSA) is 27.7 Å². The quantitative estimate of drug-likeness (QED) is 0.456. The van der Waals surface area contributed by atoms with Crippen molar-refractivity contribution in [1.29, 1.82) is 0 Å². The van der Waals surface area contributed by atoms with Crippen LogP contribution in [0.25, 0.3) is 0 Å². The number of ether oxygens (including phenoxy) is 3. The summed E-state index contributed by atoms with van der Waals surface area (Å²) in [5.41, 5.74) is 3.16. The van der Waals surface area contributed by atoms with Gasteiger partial charge in [0.1, 0.15) is 0 Å². The van der Waals surface area contributed by atoms with Crippen molar-refractivity contribution in [3.63, 3.8) is 0 Å². The minimum atomic E-state index is -0.239. The van der Waals surface area contributed by atoms with Gasteiger partial charge < -0.3 is 0 Å². The zero-order chi connectivity index (χ0) is 20.8. The Kier molecular flexibility index (Phi) is 7.18. The molecule has 0 aromatic heterocycles. The maximum absolute atomic E-state index is 13.6. The molecule has 0 saturated carbocycles. The second-order valence-electron chi connectivity index (χ2n) is 6.60. The van der Waals surface area contributed by atoms with Gasteiger partial charge in [-0.25, -0.2) is 0 Å². The molecule has 1 atom stereocenters. The van der Waals surface area contributed by atoms with Gasteiger partial charge in [-0.15, -0.1) is 0 Å². The molecule has 0 aliphatic rings. The van der Waals surface area contributed by atoms with Crippen LogP contribution in [-0.2, 0) is 0 Å². The summed E-state index contributed by atoms with van der Waals surface area (Å²) in [6.45, 7) is 2.05. The van der Waals surface area contributed by atoms with E-state index in [0.717, 1.165) is 22.0 Å². The second kappa shape index (κ2) is 9.82. The van der Waals surface area contributed by atoms with E-state index < -0.39 is 0 Å². The van der Waals surface area contributed by atoms with Crippen molar-refractivity contribution >= 4 is 19.4 Å². The fraction of sp³-hybridized carbons (Fsp3) is 0.250. The summed E-state index contributed by atoms with van der Waals surface area (Å²) >= 11 is 0.241. The molecule has 0 spiro atoms. The SMILES string of the molecule is COc1cc(C)c(C(C[Se]c2ccccc2)c2ccc(F)cc2)c(OC)c1OC. The molecule has 1 unspecified atom stereocenters. The number of hydrogen-bond donors (Lipinski definition) is 0. The van der Waals surface area contributed by atoms with Crippen molar-refractivity contribution in [1.82, 2.24) is 0 Å². The summed E-state index contributed by atoms with van der Waals surface area (Å²) in [7, 11) is 4.87. The molecule has 0 aliphatic carbocycles. The molecule has 0 radical (unpaired) electrons. The zero-order valence-electron chi connectivity index (χ0n) is 17.1. The molecule has 152 valence electrons. The average molecular weight is 459 g/mol. The van der Waals surface area contributed by atoms with Crippen LogP contribution in [0.4, 0.5) is 4.39 Å². The summed E-state index contributed by atoms with van der Waals surface area (Å²) in [5, 5.41) is 0.912. The fourth-order valence-electron chi connectivity index (χ4n) is 3.47. The van der Waals surface area contributed by atoms with Crippen LogP contribution in [0.5, 0.6) is 17.2 Å². The monoisotopic (exact) mass is 460 g/mol. The van der Waals surface area contributed by atoms with E-state index in [-0.39, 0.29) is 26.7 Å². The van der Waals surface area contributed by atoms with Gasteiger partial charge in [0, 0.05) is 0 Å². The molecule has 0 saturated heterocycles. The van der Waals surface area contributed by atoms with Gasteiger partial charge in [0.2, 0.25) is 0 Å². The minimum absolute atomic E-state index is 0.0468. The van der Waals surface area contributed by atoms with Crippen LogP contribution >= 0.6 is 0 Å². The molecule has 3 rings (SSSR count). The number of rotatable bonds is 8. The fourth-order valence-corrected chi connectivity index (χ4v) is 5.71. The van der Waals surface area contributed by atoms with Crippen LogP contribution in [0.3, 0.4) is 0 Å². The van der Waals surface area contributed by atoms with E-state index in [9.17, 15) is 4.39 Å². The summed E-state index contributed by atoms with van der Waals surface area (Å²) in [6, 6.07) is 19.2. The van der Waals surface area contributed by atoms with Crippen LogP contribution in [0, 0.1) is 12.7 Å². The molecule has 0 bridgehead atoms. The van der Waals surface area contributed by atoms with Crippen LogP contribution in [0.15, 0.2) is 60.7 Å². The summed E-state index contributed by atoms with van der Waals surface area (Å²) in [4.78, 5) is 0. The molecular formula is C24H25FO3Se. The number of halogens is 1. The standard InChI is InChI=1S/C24H25FO3Se/c1-16-14-21(26-2)23(27-3)24(28-4)22(16)20(17-10-12-18(25)13-11-17)15-29-19-8-6-5-7-9-19/h5-14,20H,15H2,1-4H3. The van der Waals surface area contributed by atoms with Gasteiger partial charge in [0.25, 0.3) is 0 Å². The van der Waals surface area contributed by atoms with Gasteiger partial charge in [-0.3, -0.25) is 0 Å². The van der Waals surface area contributed by atoms with Crippen molar-refractivity contribution in [2.45, 2.75) is 18.2 Å². The molecule has 0 aliphatic heterocycles. The Bertz CT molecular complexity index is 943. The van der Waals surface area contributed by atoms with Crippen molar-refractivity contribution in [2.75, 3.05) is 21.3 Å². The van der Waals surface area contributed by atoms with Gasteiger partial charge in [0.05, 0.1) is 0 Å². The van der Waals surface area contributed by atoms with Crippen LogP contribution in [0.1, 0.15) is 22.6 Å². The molecular weight excluding hydrogens is 434 g/mol. The molecule has 0 N–H and O–H groups in total. The first-order chi connectivity index (χ1) is 14.1. The third kappa shape index (κ3) is 4.75. The molecule has 3 aromatic rings. The number of aryl methyl sites for hydroxylation is 1. The van der Waals surface area contributed by atoms with Crippen molar-refractivity contribution in [3.05, 3.63) is 83.2 Å². The summed E-state index contributed by atoms with van der Waals surface area (Å²) < 4.78 is 31.8. The Balaban J connectivity index is 2.11. The number of benzene rings is 3. The molecule has 3 nitrogen and oxygen atoms in total. The Morgan fingerprint density at radius 2 is 1.52 bits per heavy atom. The van der Waals surface area contributed by atoms with E-state index in [2.05, 4.69) is 24.3 Å². The Morgan fingerprint density at radius 3 is 2.10 bits per heavy atom. The predicted molar refractivity (Wildman–Crippen MR) is 116 cm³/mol. The van der Waals surface area contributed by atoms with Gasteiger partial charge in [-0.2, -0.15) is 0 Å². The normalized spacial score (nSPS) is 11.8. The third-order valence-electron chi connectivity index (χ3n) is 4.86. The van der Waals surface area contributed by atoms with E-state index in [1.807, 2.05) is 31.2 Å². The number of hydrogen-bond acceptors (Lipinski definition) is 3. The van der Waals surface area contributed by atoms with Gasteiger partial charge in [0.15, 0.2) is 0 Å². The van der Waals surface area contributed by atoms with Crippen LogP contribution in [0.2, 0.25) is 5.32 Å². The Hall–Kier alpha value is -2.49. The zero-order valence-corrected chi connectivity index (χ0v) is 18.8. The molecule has 29 heavy (non-hydrogen) atoms. The first-order valence-corrected chi connectivity index (χ1v) is 11.4. The van der Waals surface area contributed by atoms with Crippen molar-refractivity contribution < 1.29 is 18.6 Å². The van der Waals surface area contributed by atoms with Crippen LogP contribution < -0.4 is 18.7 Å². The predicted octanol–water partition coefficient (Wildman–Crippen LogP) is 4.74. The average Bonchev–Trinajstić information content (AvgIpc) is 2.75. The first-order valence-electron chi connectivity index (χ1n) is 9.31. The van der Waals surface area contributed by atoms with E-state index in [1.54, 1.807) is 21.3 Å².